The number of halogens is 1. The predicted octanol–water partition coefficient (Wildman–Crippen LogP) is 4.56. The second-order valence-corrected chi connectivity index (χ2v) is 8.18. The van der Waals surface area contributed by atoms with Crippen LogP contribution in [0.3, 0.4) is 0 Å². The number of pyridine rings is 1. The summed E-state index contributed by atoms with van der Waals surface area (Å²) in [7, 11) is 0. The Labute approximate surface area is 181 Å². The average molecular weight is 420 g/mol. The Hall–Kier alpha value is -2.98. The van der Waals surface area contributed by atoms with E-state index in [9.17, 15) is 9.59 Å². The topological polar surface area (TPSA) is 50.1 Å². The lowest BCUT2D eigenvalue weighted by Crippen LogP contribution is -2.44. The van der Waals surface area contributed by atoms with Gasteiger partial charge in [-0.25, -0.2) is 0 Å². The molecule has 152 valence electrons. The van der Waals surface area contributed by atoms with E-state index in [1.807, 2.05) is 54.1 Å². The van der Waals surface area contributed by atoms with Crippen LogP contribution in [0.4, 0.5) is 5.69 Å². The molecule has 0 amide bonds. The second kappa shape index (κ2) is 8.80. The molecule has 4 rings (SSSR count). The Morgan fingerprint density at radius 1 is 1.13 bits per heavy atom. The van der Waals surface area contributed by atoms with Crippen LogP contribution in [0.5, 0.6) is 0 Å². The molecule has 1 atom stereocenters. The summed E-state index contributed by atoms with van der Waals surface area (Å²) < 4.78 is 1.90. The summed E-state index contributed by atoms with van der Waals surface area (Å²) in [6, 6.07) is 19.5. The molecule has 1 unspecified atom stereocenters. The maximum atomic E-state index is 12.9. The van der Waals surface area contributed by atoms with Gasteiger partial charge in [-0.15, -0.1) is 0 Å². The van der Waals surface area contributed by atoms with Crippen molar-refractivity contribution in [3.05, 3.63) is 94.3 Å². The van der Waals surface area contributed by atoms with Gasteiger partial charge < -0.3 is 5.32 Å². The number of benzene rings is 2. The minimum atomic E-state index is -0.598. The summed E-state index contributed by atoms with van der Waals surface area (Å²) in [5.74, 6) is -0.759. The second-order valence-electron chi connectivity index (χ2n) is 7.75. The molecule has 0 aliphatic heterocycles. The molecule has 0 radical (unpaired) electrons. The van der Waals surface area contributed by atoms with E-state index in [1.165, 1.54) is 5.56 Å². The van der Waals surface area contributed by atoms with Crippen LogP contribution >= 0.6 is 11.6 Å². The average Bonchev–Trinajstić information content (AvgIpc) is 2.75. The lowest BCUT2D eigenvalue weighted by atomic mass is 9.80. The molecule has 1 aliphatic carbocycles. The molecule has 3 aromatic rings. The first-order valence-corrected chi connectivity index (χ1v) is 10.5. The van der Waals surface area contributed by atoms with Gasteiger partial charge in [0.15, 0.2) is 17.7 Å². The Morgan fingerprint density at radius 3 is 2.70 bits per heavy atom. The van der Waals surface area contributed by atoms with Gasteiger partial charge in [0.05, 0.1) is 5.92 Å². The quantitative estimate of drug-likeness (QED) is 0.470. The number of ketones is 2. The number of aryl methyl sites for hydroxylation is 2. The van der Waals surface area contributed by atoms with E-state index in [0.29, 0.717) is 17.0 Å². The van der Waals surface area contributed by atoms with Crippen LogP contribution in [-0.4, -0.2) is 11.6 Å². The highest BCUT2D eigenvalue weighted by molar-refractivity contribution is 6.31. The fraction of sp³-hybridized carbons (Fsp3) is 0.240. The van der Waals surface area contributed by atoms with Gasteiger partial charge in [0.25, 0.3) is 0 Å². The number of carbonyl (C=O) groups excluding carboxylic acids is 2. The van der Waals surface area contributed by atoms with E-state index in [0.717, 1.165) is 29.9 Å². The zero-order valence-corrected chi connectivity index (χ0v) is 17.7. The van der Waals surface area contributed by atoms with Crippen molar-refractivity contribution >= 4 is 28.9 Å². The van der Waals surface area contributed by atoms with Crippen molar-refractivity contribution in [3.63, 3.8) is 0 Å². The first-order chi connectivity index (χ1) is 14.5. The van der Waals surface area contributed by atoms with Gasteiger partial charge in [0.2, 0.25) is 12.3 Å². The minimum Gasteiger partial charge on any atom is -0.381 e. The van der Waals surface area contributed by atoms with Gasteiger partial charge in [-0.05, 0) is 36.1 Å². The zero-order valence-electron chi connectivity index (χ0n) is 16.9. The predicted molar refractivity (Wildman–Crippen MR) is 118 cm³/mol. The van der Waals surface area contributed by atoms with Crippen molar-refractivity contribution < 1.29 is 14.2 Å². The highest BCUT2D eigenvalue weighted by Crippen LogP contribution is 2.28. The fourth-order valence-corrected chi connectivity index (χ4v) is 4.10. The monoisotopic (exact) mass is 419 g/mol. The van der Waals surface area contributed by atoms with Crippen molar-refractivity contribution in [3.8, 4) is 0 Å². The third-order valence-corrected chi connectivity index (χ3v) is 5.90. The molecular formula is C25H24ClN2O2+. The van der Waals surface area contributed by atoms with E-state index >= 15 is 0 Å². The molecule has 0 saturated heterocycles. The number of anilines is 1. The lowest BCUT2D eigenvalue weighted by molar-refractivity contribution is -0.690. The summed E-state index contributed by atoms with van der Waals surface area (Å²) in [6.07, 6.45) is 3.18. The lowest BCUT2D eigenvalue weighted by Gasteiger charge is -2.21. The molecule has 0 fully saturated rings. The zero-order chi connectivity index (χ0) is 21.1. The van der Waals surface area contributed by atoms with Crippen LogP contribution < -0.4 is 9.88 Å². The number of Topliss-reactive ketones (excluding diaryl/α,β-unsaturated/α-hetero) is 2. The molecule has 4 nitrogen and oxygen atoms in total. The maximum Gasteiger partial charge on any atom is 0.208 e. The Balaban J connectivity index is 1.42. The van der Waals surface area contributed by atoms with E-state index < -0.39 is 5.92 Å². The van der Waals surface area contributed by atoms with Crippen molar-refractivity contribution in [2.75, 3.05) is 5.32 Å². The van der Waals surface area contributed by atoms with E-state index in [-0.39, 0.29) is 18.1 Å². The molecule has 5 heteroatoms. The SMILES string of the molecule is Cc1cc(NCc2ccccc2)cc[n+]1CC(=O)C1CCc2ccc(Cl)cc2C1=O. The van der Waals surface area contributed by atoms with Gasteiger partial charge in [-0.1, -0.05) is 48.0 Å². The maximum absolute atomic E-state index is 12.9. The molecular weight excluding hydrogens is 396 g/mol. The Morgan fingerprint density at radius 2 is 1.93 bits per heavy atom. The number of carbonyl (C=O) groups is 2. The molecule has 2 aromatic carbocycles. The minimum absolute atomic E-state index is 0.0521. The van der Waals surface area contributed by atoms with Gasteiger partial charge in [0.1, 0.15) is 0 Å². The molecule has 30 heavy (non-hydrogen) atoms. The Bertz CT molecular complexity index is 1100. The van der Waals surface area contributed by atoms with Crippen LogP contribution in [0.15, 0.2) is 66.9 Å². The molecule has 1 aromatic heterocycles. The van der Waals surface area contributed by atoms with Crippen LogP contribution in [0, 0.1) is 12.8 Å². The summed E-state index contributed by atoms with van der Waals surface area (Å²) in [5.41, 5.74) is 4.74. The number of hydrogen-bond donors (Lipinski definition) is 1. The molecule has 0 bridgehead atoms. The summed E-state index contributed by atoms with van der Waals surface area (Å²) in [6.45, 7) is 2.90. The molecule has 1 aliphatic rings. The number of hydrogen-bond acceptors (Lipinski definition) is 3. The highest BCUT2D eigenvalue weighted by atomic mass is 35.5. The van der Waals surface area contributed by atoms with Crippen LogP contribution in [0.1, 0.15) is 33.6 Å². The fourth-order valence-electron chi connectivity index (χ4n) is 3.93. The van der Waals surface area contributed by atoms with Crippen molar-refractivity contribution in [2.24, 2.45) is 5.92 Å². The van der Waals surface area contributed by atoms with E-state index in [1.54, 1.807) is 12.1 Å². The molecule has 1 N–H and O–H groups in total. The van der Waals surface area contributed by atoms with Crippen molar-refractivity contribution in [2.45, 2.75) is 32.9 Å². The smallest absolute Gasteiger partial charge is 0.208 e. The van der Waals surface area contributed by atoms with E-state index in [4.69, 9.17) is 11.6 Å². The van der Waals surface area contributed by atoms with Gasteiger partial charge in [-0.2, -0.15) is 4.57 Å². The van der Waals surface area contributed by atoms with Gasteiger partial charge in [-0.3, -0.25) is 9.59 Å². The van der Waals surface area contributed by atoms with Crippen molar-refractivity contribution in [1.29, 1.82) is 0 Å². The third-order valence-electron chi connectivity index (χ3n) is 5.66. The largest absolute Gasteiger partial charge is 0.381 e. The third kappa shape index (κ3) is 4.44. The number of nitrogens with one attached hydrogen (secondary N) is 1. The first kappa shape index (κ1) is 20.3. The summed E-state index contributed by atoms with van der Waals surface area (Å²) in [4.78, 5) is 25.8. The molecule has 1 heterocycles. The number of rotatable bonds is 6. The number of fused-ring (bicyclic) bond motifs is 1. The highest BCUT2D eigenvalue weighted by Gasteiger charge is 2.34. The standard InChI is InChI=1S/C25H23ClN2O2/c1-17-13-21(27-15-18-5-3-2-4-6-18)11-12-28(17)16-24(29)22-10-8-19-7-9-20(26)14-23(19)25(22)30/h2-7,9,11-14,22H,8,10,15-16H2,1H3/p+1. The Kier molecular flexibility index (Phi) is 5.96. The van der Waals surface area contributed by atoms with Gasteiger partial charge >= 0.3 is 0 Å². The van der Waals surface area contributed by atoms with Gasteiger partial charge in [0, 0.05) is 41.9 Å². The van der Waals surface area contributed by atoms with Crippen LogP contribution in [0.25, 0.3) is 0 Å². The normalized spacial score (nSPS) is 15.5. The summed E-state index contributed by atoms with van der Waals surface area (Å²) >= 11 is 6.05. The van der Waals surface area contributed by atoms with E-state index in [2.05, 4.69) is 17.4 Å². The van der Waals surface area contributed by atoms with Crippen LogP contribution in [0.2, 0.25) is 5.02 Å². The molecule has 0 saturated carbocycles. The van der Waals surface area contributed by atoms with Crippen molar-refractivity contribution in [1.82, 2.24) is 0 Å². The first-order valence-electron chi connectivity index (χ1n) is 10.1. The molecule has 0 spiro atoms. The number of nitrogens with zero attached hydrogens (tertiary/aromatic N) is 1. The summed E-state index contributed by atoms with van der Waals surface area (Å²) in [5, 5.41) is 3.93. The van der Waals surface area contributed by atoms with Crippen LogP contribution in [-0.2, 0) is 24.3 Å². The number of aromatic nitrogens is 1.